The van der Waals surface area contributed by atoms with Crippen molar-refractivity contribution in [2.45, 2.75) is 64.0 Å². The number of Topliss-reactive ketones (excluding diaryl/α,β-unsaturated/α-hetero) is 1. The maximum Gasteiger partial charge on any atom is 0.247 e. The Morgan fingerprint density at radius 3 is 2.46 bits per heavy atom. The van der Waals surface area contributed by atoms with Crippen molar-refractivity contribution < 1.29 is 39.2 Å². The van der Waals surface area contributed by atoms with Gasteiger partial charge in [-0.3, -0.25) is 9.59 Å². The van der Waals surface area contributed by atoms with Gasteiger partial charge in [0.25, 0.3) is 0 Å². The summed E-state index contributed by atoms with van der Waals surface area (Å²) in [7, 11) is 1.46. The third-order valence-electron chi connectivity index (χ3n) is 6.78. The van der Waals surface area contributed by atoms with Crippen LogP contribution < -0.4 is 14.8 Å². The molecule has 2 aromatic carbocycles. The first-order valence-electron chi connectivity index (χ1n) is 13.4. The van der Waals surface area contributed by atoms with E-state index in [0.29, 0.717) is 32.6 Å². The maximum atomic E-state index is 13.6. The van der Waals surface area contributed by atoms with Crippen LogP contribution in [0.25, 0.3) is 0 Å². The van der Waals surface area contributed by atoms with Crippen molar-refractivity contribution in [2.24, 2.45) is 0 Å². The Labute approximate surface area is 253 Å². The molecule has 2 amide bonds. The highest BCUT2D eigenvalue weighted by atomic mass is 127. The summed E-state index contributed by atoms with van der Waals surface area (Å²) in [4.78, 5) is 39.7. The Bertz CT molecular complexity index is 1240. The Balaban J connectivity index is 2.01. The highest BCUT2D eigenvalue weighted by Gasteiger charge is 2.41. The van der Waals surface area contributed by atoms with E-state index >= 15 is 0 Å². The number of aliphatic hydroxyl groups is 3. The van der Waals surface area contributed by atoms with Crippen LogP contribution in [0.4, 0.5) is 0 Å². The minimum absolute atomic E-state index is 0.0138. The molecular weight excluding hydrogens is 643 g/mol. The molecule has 3 rings (SSSR count). The number of aliphatic hydroxyl groups excluding tert-OH is 3. The topological polar surface area (TPSA) is 146 Å². The number of ether oxygens (including phenoxy) is 2. The number of hydrogen-bond acceptors (Lipinski definition) is 8. The van der Waals surface area contributed by atoms with E-state index in [1.807, 2.05) is 52.9 Å². The van der Waals surface area contributed by atoms with Gasteiger partial charge in [-0.15, -0.1) is 0 Å². The molecule has 41 heavy (non-hydrogen) atoms. The van der Waals surface area contributed by atoms with Crippen LogP contribution in [-0.4, -0.2) is 76.3 Å². The molecule has 0 aliphatic heterocycles. The van der Waals surface area contributed by atoms with Gasteiger partial charge in [-0.25, -0.2) is 0 Å². The van der Waals surface area contributed by atoms with Gasteiger partial charge >= 0.3 is 0 Å². The van der Waals surface area contributed by atoms with Crippen molar-refractivity contribution in [3.05, 3.63) is 68.8 Å². The molecule has 2 aromatic rings. The number of ketones is 1. The summed E-state index contributed by atoms with van der Waals surface area (Å²) < 4.78 is 12.4. The van der Waals surface area contributed by atoms with Crippen molar-refractivity contribution in [3.63, 3.8) is 0 Å². The average molecular weight is 681 g/mol. The lowest BCUT2D eigenvalue weighted by molar-refractivity contribution is -0.139. The molecule has 3 atom stereocenters. The Hall–Kier alpha value is -3.00. The van der Waals surface area contributed by atoms with Crippen LogP contribution in [0.5, 0.6) is 11.5 Å². The second kappa shape index (κ2) is 15.9. The number of carbonyl (C=O) groups is 3. The summed E-state index contributed by atoms with van der Waals surface area (Å²) in [5.41, 5.74) is 1.76. The van der Waals surface area contributed by atoms with Crippen molar-refractivity contribution in [1.82, 2.24) is 10.2 Å². The monoisotopic (exact) mass is 680 g/mol. The number of carbonyl (C=O) groups excluding carboxylic acids is 3. The van der Waals surface area contributed by atoms with E-state index in [1.165, 1.54) is 20.1 Å². The Morgan fingerprint density at radius 1 is 1.10 bits per heavy atom. The van der Waals surface area contributed by atoms with E-state index in [1.54, 1.807) is 17.0 Å². The van der Waals surface area contributed by atoms with Crippen LogP contribution in [0.1, 0.15) is 43.7 Å². The number of halogens is 1. The van der Waals surface area contributed by atoms with E-state index in [2.05, 4.69) is 5.32 Å². The van der Waals surface area contributed by atoms with Crippen LogP contribution >= 0.6 is 22.6 Å². The van der Waals surface area contributed by atoms with Gasteiger partial charge in [0.05, 0.1) is 29.9 Å². The molecule has 1 aliphatic carbocycles. The third kappa shape index (κ3) is 8.99. The van der Waals surface area contributed by atoms with Crippen LogP contribution in [-0.2, 0) is 27.5 Å². The van der Waals surface area contributed by atoms with Crippen LogP contribution in [0.15, 0.2) is 54.1 Å². The van der Waals surface area contributed by atoms with Gasteiger partial charge in [0.1, 0.15) is 18.0 Å². The normalized spacial score (nSPS) is 18.3. The van der Waals surface area contributed by atoms with E-state index in [9.17, 15) is 29.7 Å². The van der Waals surface area contributed by atoms with E-state index < -0.39 is 24.2 Å². The molecule has 0 saturated heterocycles. The molecule has 0 radical (unpaired) electrons. The summed E-state index contributed by atoms with van der Waals surface area (Å²) in [5, 5.41) is 33.1. The quantitative estimate of drug-likeness (QED) is 0.223. The van der Waals surface area contributed by atoms with Crippen LogP contribution in [0, 0.1) is 3.57 Å². The fraction of sp³-hybridized carbons (Fsp3) is 0.433. The second-order valence-electron chi connectivity index (χ2n) is 9.85. The SMILES string of the molecule is COc1cc(CO)cc(I)c1O[C@H]1C=C(C(=O)NCCO)C[C@@H](N(Cc2ccccc2)C(=O)CCCC(C)=O)[C@@H]1O. The zero-order chi connectivity index (χ0) is 29.9. The molecule has 0 fully saturated rings. The second-order valence-corrected chi connectivity index (χ2v) is 11.0. The Morgan fingerprint density at radius 2 is 1.83 bits per heavy atom. The molecule has 11 heteroatoms. The fourth-order valence-electron chi connectivity index (χ4n) is 4.70. The van der Waals surface area contributed by atoms with Crippen molar-refractivity contribution in [1.29, 1.82) is 0 Å². The molecular formula is C30H37IN2O8. The molecule has 0 unspecified atom stereocenters. The molecule has 4 N–H and O–H groups in total. The zero-order valence-corrected chi connectivity index (χ0v) is 25.4. The number of benzene rings is 2. The van der Waals surface area contributed by atoms with Gasteiger partial charge in [0.2, 0.25) is 11.8 Å². The van der Waals surface area contributed by atoms with Crippen molar-refractivity contribution in [2.75, 3.05) is 20.3 Å². The van der Waals surface area contributed by atoms with Gasteiger partial charge in [0.15, 0.2) is 11.5 Å². The lowest BCUT2D eigenvalue weighted by atomic mass is 9.87. The number of hydrogen-bond donors (Lipinski definition) is 4. The van der Waals surface area contributed by atoms with Crippen LogP contribution in [0.2, 0.25) is 0 Å². The predicted molar refractivity (Wildman–Crippen MR) is 160 cm³/mol. The number of amides is 2. The zero-order valence-electron chi connectivity index (χ0n) is 23.2. The summed E-state index contributed by atoms with van der Waals surface area (Å²) in [5.74, 6) is -0.0415. The Kier molecular flexibility index (Phi) is 12.6. The predicted octanol–water partition coefficient (Wildman–Crippen LogP) is 2.50. The molecule has 1 aliphatic rings. The average Bonchev–Trinajstić information content (AvgIpc) is 2.96. The molecule has 0 aromatic heterocycles. The first-order valence-corrected chi connectivity index (χ1v) is 14.5. The maximum absolute atomic E-state index is 13.6. The van der Waals surface area contributed by atoms with Gasteiger partial charge < -0.3 is 39.8 Å². The molecule has 0 spiro atoms. The lowest BCUT2D eigenvalue weighted by Crippen LogP contribution is -2.54. The van der Waals surface area contributed by atoms with Gasteiger partial charge in [-0.05, 0) is 65.3 Å². The lowest BCUT2D eigenvalue weighted by Gasteiger charge is -2.41. The number of methoxy groups -OCH3 is 1. The summed E-state index contributed by atoms with van der Waals surface area (Å²) in [6.07, 6.45) is 0.0727. The van der Waals surface area contributed by atoms with Crippen molar-refractivity contribution in [3.8, 4) is 11.5 Å². The fourth-order valence-corrected chi connectivity index (χ4v) is 5.49. The number of nitrogens with one attached hydrogen (secondary N) is 1. The van der Waals surface area contributed by atoms with Crippen LogP contribution in [0.3, 0.4) is 0 Å². The van der Waals surface area contributed by atoms with Gasteiger partial charge in [-0.1, -0.05) is 30.3 Å². The van der Waals surface area contributed by atoms with E-state index in [0.717, 1.165) is 5.56 Å². The largest absolute Gasteiger partial charge is 0.493 e. The highest BCUT2D eigenvalue weighted by molar-refractivity contribution is 14.1. The third-order valence-corrected chi connectivity index (χ3v) is 7.58. The summed E-state index contributed by atoms with van der Waals surface area (Å²) >= 11 is 2.05. The minimum atomic E-state index is -1.22. The first-order chi connectivity index (χ1) is 19.7. The standard InChI is InChI=1S/C30H37IN2O8/c1-19(36)7-6-10-27(37)33(17-20-8-4-3-5-9-20)24-15-22(30(39)32-11-12-34)16-25(28(24)38)41-29-23(31)13-21(18-35)14-26(29)40-2/h3-5,8-9,13-14,16,24-25,28,34-35,38H,6-7,10-12,15,17-18H2,1-2H3,(H,32,39)/t24-,25+,28+/m1/s1. The molecule has 222 valence electrons. The van der Waals surface area contributed by atoms with E-state index in [-0.39, 0.29) is 57.3 Å². The first kappa shape index (κ1) is 32.5. The summed E-state index contributed by atoms with van der Waals surface area (Å²) in [6.45, 7) is 1.26. The smallest absolute Gasteiger partial charge is 0.247 e. The molecule has 0 bridgehead atoms. The molecule has 0 heterocycles. The molecule has 10 nitrogen and oxygen atoms in total. The van der Waals surface area contributed by atoms with Gasteiger partial charge in [0, 0.05) is 37.9 Å². The van der Waals surface area contributed by atoms with Crippen molar-refractivity contribution >= 4 is 40.2 Å². The highest BCUT2D eigenvalue weighted by Crippen LogP contribution is 2.37. The number of rotatable bonds is 14. The number of nitrogens with zero attached hydrogens (tertiary/aromatic N) is 1. The van der Waals surface area contributed by atoms with E-state index in [4.69, 9.17) is 9.47 Å². The summed E-state index contributed by atoms with van der Waals surface area (Å²) in [6, 6.07) is 11.9. The minimum Gasteiger partial charge on any atom is -0.493 e. The molecule has 0 saturated carbocycles. The van der Waals surface area contributed by atoms with Gasteiger partial charge in [-0.2, -0.15) is 0 Å².